The molecule has 0 aromatic heterocycles. The number of rotatable bonds is 22. The van der Waals surface area contributed by atoms with E-state index >= 15 is 0 Å². The number of hydrogen-bond donors (Lipinski definition) is 0. The van der Waals surface area contributed by atoms with Gasteiger partial charge in [0.25, 0.3) is 0 Å². The van der Waals surface area contributed by atoms with Crippen LogP contribution in [0.5, 0.6) is 23.0 Å². The maximum absolute atomic E-state index is 13.1. The van der Waals surface area contributed by atoms with Crippen molar-refractivity contribution in [2.24, 2.45) is 0 Å². The van der Waals surface area contributed by atoms with Crippen LogP contribution in [0.15, 0.2) is 106 Å². The second kappa shape index (κ2) is 24.8. The van der Waals surface area contributed by atoms with E-state index in [0.717, 1.165) is 125 Å². The Labute approximate surface area is 386 Å². The van der Waals surface area contributed by atoms with E-state index < -0.39 is 7.82 Å². The molecule has 4 rings (SSSR count). The van der Waals surface area contributed by atoms with Crippen LogP contribution in [0.1, 0.15) is 170 Å². The molecule has 2 atom stereocenters. The van der Waals surface area contributed by atoms with Gasteiger partial charge >= 0.3 is 37.4 Å². The second-order valence-electron chi connectivity index (χ2n) is 18.3. The molecule has 324 valence electrons. The maximum Gasteiger partial charge on any atom is 1.00 e. The average molecular weight is 849 g/mol. The maximum atomic E-state index is 13.1. The summed E-state index contributed by atoms with van der Waals surface area (Å²) in [6, 6.07) is 10.4. The number of phosphoric ester groups is 1. The van der Waals surface area contributed by atoms with Gasteiger partial charge in [-0.05, 0) is 219 Å². The van der Waals surface area contributed by atoms with Crippen molar-refractivity contribution in [3.63, 3.8) is 0 Å². The molecule has 8 heteroatoms. The molecule has 2 aromatic carbocycles. The van der Waals surface area contributed by atoms with Gasteiger partial charge in [0.1, 0.15) is 34.2 Å². The number of aryl methyl sites for hydroxylation is 2. The van der Waals surface area contributed by atoms with Crippen molar-refractivity contribution >= 4 is 7.82 Å². The normalized spacial score (nSPS) is 20.3. The van der Waals surface area contributed by atoms with Crippen LogP contribution in [0.25, 0.3) is 0 Å². The summed E-state index contributed by atoms with van der Waals surface area (Å²) in [6.07, 6.45) is 29.9. The minimum Gasteiger partial charge on any atom is -0.736 e. The van der Waals surface area contributed by atoms with Gasteiger partial charge in [0.05, 0.1) is 0 Å². The van der Waals surface area contributed by atoms with E-state index in [-0.39, 0.29) is 52.3 Å². The molecule has 6 nitrogen and oxygen atoms in total. The summed E-state index contributed by atoms with van der Waals surface area (Å²) >= 11 is 0. The summed E-state index contributed by atoms with van der Waals surface area (Å²) in [5, 5.41) is 0. The Kier molecular flexibility index (Phi) is 21.3. The van der Waals surface area contributed by atoms with Crippen LogP contribution in [0.2, 0.25) is 0 Å². The summed E-state index contributed by atoms with van der Waals surface area (Å²) in [5.41, 5.74) is 9.83. The Balaban J connectivity index is 0.00000961. The molecular formula is C52H74NaO6P. The molecule has 0 N–H and O–H groups in total. The Morgan fingerprint density at radius 3 is 1.27 bits per heavy atom. The van der Waals surface area contributed by atoms with Crippen LogP contribution < -0.4 is 53.0 Å². The van der Waals surface area contributed by atoms with Crippen molar-refractivity contribution in [2.75, 3.05) is 0 Å². The smallest absolute Gasteiger partial charge is 0.736 e. The van der Waals surface area contributed by atoms with Gasteiger partial charge in [-0.3, -0.25) is 0 Å². The summed E-state index contributed by atoms with van der Waals surface area (Å²) in [7, 11) is -4.71. The third-order valence-corrected chi connectivity index (χ3v) is 12.5. The van der Waals surface area contributed by atoms with Crippen molar-refractivity contribution in [3.05, 3.63) is 117 Å². The molecule has 0 saturated carbocycles. The molecule has 2 aliphatic heterocycles. The third-order valence-electron chi connectivity index (χ3n) is 11.6. The fourth-order valence-electron chi connectivity index (χ4n) is 7.80. The molecule has 2 unspecified atom stereocenters. The van der Waals surface area contributed by atoms with Crippen molar-refractivity contribution in [1.82, 2.24) is 0 Å². The third kappa shape index (κ3) is 18.7. The minimum atomic E-state index is -4.71. The van der Waals surface area contributed by atoms with E-state index in [9.17, 15) is 9.46 Å². The van der Waals surface area contributed by atoms with Gasteiger partial charge in [0.15, 0.2) is 0 Å². The summed E-state index contributed by atoms with van der Waals surface area (Å²) in [5.74, 6) is 1.99. The summed E-state index contributed by atoms with van der Waals surface area (Å²) < 4.78 is 37.0. The number of fused-ring (bicyclic) bond motifs is 2. The van der Waals surface area contributed by atoms with Crippen LogP contribution in [-0.2, 0) is 17.4 Å². The molecule has 0 spiro atoms. The zero-order valence-electron chi connectivity index (χ0n) is 39.1. The van der Waals surface area contributed by atoms with Crippen LogP contribution in [0.4, 0.5) is 0 Å². The van der Waals surface area contributed by atoms with Gasteiger partial charge in [-0.1, -0.05) is 69.9 Å². The van der Waals surface area contributed by atoms with E-state index in [1.807, 2.05) is 12.1 Å². The molecule has 0 fully saturated rings. The molecule has 60 heavy (non-hydrogen) atoms. The predicted octanol–water partition coefficient (Wildman–Crippen LogP) is 12.2. The van der Waals surface area contributed by atoms with Crippen LogP contribution >= 0.6 is 7.82 Å². The van der Waals surface area contributed by atoms with Gasteiger partial charge in [0.2, 0.25) is 0 Å². The van der Waals surface area contributed by atoms with E-state index in [4.69, 9.17) is 18.5 Å². The molecule has 0 bridgehead atoms. The first kappa shape index (κ1) is 51.6. The van der Waals surface area contributed by atoms with Gasteiger partial charge in [-0.25, -0.2) is 4.57 Å². The molecule has 0 radical (unpaired) electrons. The van der Waals surface area contributed by atoms with Crippen molar-refractivity contribution < 1.29 is 57.5 Å². The SMILES string of the molecule is CC(C)=CCC/C(C)=C/CC/C(C)=C/CCC1(C)CCc2cc(OP(=O)([O-])Oc3ccc4c(c3)CCC(C)(CC/C=C(\C)CC/C=C(\C)CCC=C(C)C)O4)ccc2O1.[Na+]. The second-order valence-corrected chi connectivity index (χ2v) is 19.5. The quantitative estimate of drug-likeness (QED) is 0.0667. The zero-order chi connectivity index (χ0) is 43.1. The van der Waals surface area contributed by atoms with Gasteiger partial charge in [-0.15, -0.1) is 0 Å². The van der Waals surface area contributed by atoms with Gasteiger partial charge < -0.3 is 23.4 Å². The molecule has 2 aromatic rings. The average Bonchev–Trinajstić information content (AvgIpc) is 3.14. The number of ether oxygens (including phenoxy) is 2. The van der Waals surface area contributed by atoms with Gasteiger partial charge in [-0.2, -0.15) is 0 Å². The Morgan fingerprint density at radius 2 is 0.917 bits per heavy atom. The standard InChI is InChI=1S/C52H75O6P.Na/c1-39(2)17-11-19-41(5)21-13-23-43(7)25-15-33-51(9)35-31-45-37-47(27-29-49(45)55-51)57-59(53,54)58-48-28-30-50-46(38-48)32-36-52(10,56-50)34-16-26-44(8)24-14-22-42(6)20-12-18-40(3)4;/h17-18,21-22,25-30,37-38H,11-16,19-20,23-24,31-36H2,1-10H3,(H,53,54);/q;+1/p-1/b41-21+,42-22+,43-25+,44-26+;. The topological polar surface area (TPSA) is 77.1 Å². The van der Waals surface area contributed by atoms with E-state index in [1.165, 1.54) is 33.4 Å². The molecule has 2 aliphatic rings. The number of phosphoric acid groups is 1. The van der Waals surface area contributed by atoms with Crippen molar-refractivity contribution in [1.29, 1.82) is 0 Å². The van der Waals surface area contributed by atoms with E-state index in [1.54, 1.807) is 24.3 Å². The molecular weight excluding hydrogens is 775 g/mol. The molecule has 0 aliphatic carbocycles. The minimum absolute atomic E-state index is 0. The van der Waals surface area contributed by atoms with Crippen LogP contribution in [0, 0.1) is 0 Å². The molecule has 0 saturated heterocycles. The zero-order valence-corrected chi connectivity index (χ0v) is 42.0. The number of hydrogen-bond acceptors (Lipinski definition) is 6. The fourth-order valence-corrected chi connectivity index (χ4v) is 8.58. The first-order valence-corrected chi connectivity index (χ1v) is 23.6. The Morgan fingerprint density at radius 1 is 0.583 bits per heavy atom. The van der Waals surface area contributed by atoms with Crippen LogP contribution in [-0.4, -0.2) is 11.2 Å². The molecule has 2 heterocycles. The van der Waals surface area contributed by atoms with Crippen molar-refractivity contribution in [3.8, 4) is 23.0 Å². The Hall–Kier alpha value is -2.73. The molecule has 0 amide bonds. The Bertz CT molecular complexity index is 1810. The fraction of sp³-hybridized carbons (Fsp3) is 0.538. The number of benzene rings is 2. The number of allylic oxidation sites excluding steroid dienone is 12. The van der Waals surface area contributed by atoms with E-state index in [2.05, 4.69) is 106 Å². The monoisotopic (exact) mass is 849 g/mol. The summed E-state index contributed by atoms with van der Waals surface area (Å²) in [4.78, 5) is 13.1. The largest absolute Gasteiger partial charge is 1.00 e. The van der Waals surface area contributed by atoms with Crippen LogP contribution in [0.3, 0.4) is 0 Å². The van der Waals surface area contributed by atoms with E-state index in [0.29, 0.717) is 0 Å². The first-order chi connectivity index (χ1) is 27.9. The van der Waals surface area contributed by atoms with Gasteiger partial charge in [0, 0.05) is 0 Å². The van der Waals surface area contributed by atoms with Crippen molar-refractivity contribution in [2.45, 2.75) is 183 Å². The predicted molar refractivity (Wildman–Crippen MR) is 246 cm³/mol. The first-order valence-electron chi connectivity index (χ1n) is 22.1. The summed E-state index contributed by atoms with van der Waals surface area (Å²) in [6.45, 7) is 21.9.